The Kier molecular flexibility index (Phi) is 4.55. The summed E-state index contributed by atoms with van der Waals surface area (Å²) < 4.78 is 2.33. The van der Waals surface area contributed by atoms with Gasteiger partial charge < -0.3 is 9.47 Å². The molecule has 1 fully saturated rings. The van der Waals surface area contributed by atoms with Crippen LogP contribution in [0.4, 0.5) is 0 Å². The lowest BCUT2D eigenvalue weighted by molar-refractivity contribution is 0.0702. The number of hydrogen-bond donors (Lipinski definition) is 0. The van der Waals surface area contributed by atoms with E-state index in [0.717, 1.165) is 61.7 Å². The Morgan fingerprint density at radius 2 is 1.96 bits per heavy atom. The molecular formula is C20H26N4O. The van der Waals surface area contributed by atoms with Crippen LogP contribution in [0, 0.1) is 6.92 Å². The number of carbonyl (C=O) groups excluding carboxylic acids is 1. The zero-order valence-corrected chi connectivity index (χ0v) is 14.9. The minimum atomic E-state index is 0.151. The number of likely N-dealkylation sites (tertiary alicyclic amines) is 1. The summed E-state index contributed by atoms with van der Waals surface area (Å²) in [4.78, 5) is 15.0. The molecule has 3 heterocycles. The first-order valence-corrected chi connectivity index (χ1v) is 9.51. The zero-order chi connectivity index (χ0) is 17.2. The highest BCUT2D eigenvalue weighted by Crippen LogP contribution is 2.29. The van der Waals surface area contributed by atoms with E-state index in [1.54, 1.807) is 0 Å². The van der Waals surface area contributed by atoms with Crippen LogP contribution in [0.3, 0.4) is 0 Å². The Balaban J connectivity index is 1.55. The molecule has 1 amide bonds. The van der Waals surface area contributed by atoms with Crippen LogP contribution in [0.25, 0.3) is 0 Å². The number of amides is 1. The van der Waals surface area contributed by atoms with Gasteiger partial charge in [0.1, 0.15) is 11.6 Å². The van der Waals surface area contributed by atoms with Crippen LogP contribution in [0.15, 0.2) is 24.3 Å². The Morgan fingerprint density at radius 3 is 2.84 bits per heavy atom. The van der Waals surface area contributed by atoms with Crippen LogP contribution in [0.1, 0.15) is 65.6 Å². The number of hydrogen-bond acceptors (Lipinski definition) is 3. The van der Waals surface area contributed by atoms with E-state index in [4.69, 9.17) is 0 Å². The average Bonchev–Trinajstić information content (AvgIpc) is 2.90. The van der Waals surface area contributed by atoms with Crippen molar-refractivity contribution in [1.29, 1.82) is 0 Å². The molecule has 25 heavy (non-hydrogen) atoms. The minimum Gasteiger partial charge on any atom is -0.338 e. The quantitative estimate of drug-likeness (QED) is 0.844. The lowest BCUT2D eigenvalue weighted by Gasteiger charge is -2.33. The highest BCUT2D eigenvalue weighted by atomic mass is 16.2. The van der Waals surface area contributed by atoms with Gasteiger partial charge in [-0.3, -0.25) is 4.79 Å². The monoisotopic (exact) mass is 338 g/mol. The van der Waals surface area contributed by atoms with Crippen LogP contribution in [0.2, 0.25) is 0 Å². The lowest BCUT2D eigenvalue weighted by Crippen LogP contribution is -2.40. The molecule has 0 spiro atoms. The van der Waals surface area contributed by atoms with E-state index in [-0.39, 0.29) is 5.91 Å². The molecule has 1 aromatic heterocycles. The maximum Gasteiger partial charge on any atom is 0.254 e. The van der Waals surface area contributed by atoms with E-state index in [1.165, 1.54) is 19.3 Å². The van der Waals surface area contributed by atoms with Gasteiger partial charge in [-0.2, -0.15) is 0 Å². The van der Waals surface area contributed by atoms with E-state index in [0.29, 0.717) is 5.92 Å². The first-order valence-electron chi connectivity index (χ1n) is 9.51. The first kappa shape index (κ1) is 16.3. The van der Waals surface area contributed by atoms with Gasteiger partial charge in [0.05, 0.1) is 0 Å². The van der Waals surface area contributed by atoms with Gasteiger partial charge in [0.2, 0.25) is 0 Å². The maximum atomic E-state index is 13.0. The number of aromatic nitrogens is 3. The van der Waals surface area contributed by atoms with Gasteiger partial charge in [0, 0.05) is 37.5 Å². The predicted molar refractivity (Wildman–Crippen MR) is 96.6 cm³/mol. The summed E-state index contributed by atoms with van der Waals surface area (Å²) in [5, 5.41) is 8.97. The van der Waals surface area contributed by atoms with E-state index >= 15 is 0 Å². The van der Waals surface area contributed by atoms with E-state index in [1.807, 2.05) is 36.1 Å². The third-order valence-electron chi connectivity index (χ3n) is 5.59. The molecular weight excluding hydrogens is 312 g/mol. The molecule has 2 aliphatic rings. The topological polar surface area (TPSA) is 51.0 Å². The molecule has 1 unspecified atom stereocenters. The Hall–Kier alpha value is -2.17. The summed E-state index contributed by atoms with van der Waals surface area (Å²) in [5.74, 6) is 2.69. The van der Waals surface area contributed by atoms with Crippen LogP contribution < -0.4 is 0 Å². The lowest BCUT2D eigenvalue weighted by atomic mass is 9.96. The molecule has 2 aromatic rings. The van der Waals surface area contributed by atoms with Crippen molar-refractivity contribution in [2.24, 2.45) is 0 Å². The van der Waals surface area contributed by atoms with Crippen LogP contribution in [0.5, 0.6) is 0 Å². The summed E-state index contributed by atoms with van der Waals surface area (Å²) >= 11 is 0. The predicted octanol–water partition coefficient (Wildman–Crippen LogP) is 3.33. The molecule has 1 saturated heterocycles. The SMILES string of the molecule is Cc1ccccc1C(=O)N1CCCC(c2nnc3n2CCCCC3)C1. The number of fused-ring (bicyclic) bond motifs is 1. The van der Waals surface area contributed by atoms with Gasteiger partial charge >= 0.3 is 0 Å². The van der Waals surface area contributed by atoms with Crippen LogP contribution in [-0.2, 0) is 13.0 Å². The molecule has 1 atom stereocenters. The summed E-state index contributed by atoms with van der Waals surface area (Å²) in [7, 11) is 0. The Bertz CT molecular complexity index is 767. The van der Waals surface area contributed by atoms with Crippen molar-refractivity contribution in [3.8, 4) is 0 Å². The van der Waals surface area contributed by atoms with Crippen LogP contribution >= 0.6 is 0 Å². The molecule has 5 heteroatoms. The number of carbonyl (C=O) groups is 1. The van der Waals surface area contributed by atoms with E-state index in [2.05, 4.69) is 14.8 Å². The fourth-order valence-electron chi connectivity index (χ4n) is 4.17. The Labute approximate surface area is 149 Å². The van der Waals surface area contributed by atoms with Gasteiger partial charge in [-0.15, -0.1) is 10.2 Å². The minimum absolute atomic E-state index is 0.151. The summed E-state index contributed by atoms with van der Waals surface area (Å²) in [6, 6.07) is 7.87. The van der Waals surface area contributed by atoms with E-state index < -0.39 is 0 Å². The number of piperidine rings is 1. The number of aryl methyl sites for hydroxylation is 2. The molecule has 2 aliphatic heterocycles. The van der Waals surface area contributed by atoms with Crippen molar-refractivity contribution in [2.75, 3.05) is 13.1 Å². The van der Waals surface area contributed by atoms with Gasteiger partial charge in [0.15, 0.2) is 0 Å². The van der Waals surface area contributed by atoms with Gasteiger partial charge in [-0.1, -0.05) is 24.6 Å². The normalized spacial score (nSPS) is 20.8. The van der Waals surface area contributed by atoms with Crippen molar-refractivity contribution in [3.05, 3.63) is 47.0 Å². The molecule has 0 N–H and O–H groups in total. The van der Waals surface area contributed by atoms with Crippen LogP contribution in [-0.4, -0.2) is 38.7 Å². The van der Waals surface area contributed by atoms with E-state index in [9.17, 15) is 4.79 Å². The zero-order valence-electron chi connectivity index (χ0n) is 14.9. The molecule has 1 aromatic carbocycles. The molecule has 4 rings (SSSR count). The molecule has 5 nitrogen and oxygen atoms in total. The second kappa shape index (κ2) is 6.98. The highest BCUT2D eigenvalue weighted by Gasteiger charge is 2.30. The third-order valence-corrected chi connectivity index (χ3v) is 5.59. The second-order valence-electron chi connectivity index (χ2n) is 7.34. The molecule has 0 aliphatic carbocycles. The smallest absolute Gasteiger partial charge is 0.254 e. The van der Waals surface area contributed by atoms with Crippen molar-refractivity contribution in [1.82, 2.24) is 19.7 Å². The van der Waals surface area contributed by atoms with Gasteiger partial charge in [-0.25, -0.2) is 0 Å². The summed E-state index contributed by atoms with van der Waals surface area (Å²) in [6.07, 6.45) is 6.84. The number of rotatable bonds is 2. The molecule has 0 saturated carbocycles. The van der Waals surface area contributed by atoms with Crippen molar-refractivity contribution in [2.45, 2.75) is 57.9 Å². The summed E-state index contributed by atoms with van der Waals surface area (Å²) in [5.41, 5.74) is 1.87. The molecule has 0 bridgehead atoms. The van der Waals surface area contributed by atoms with Crippen molar-refractivity contribution in [3.63, 3.8) is 0 Å². The largest absolute Gasteiger partial charge is 0.338 e. The number of nitrogens with zero attached hydrogens (tertiary/aromatic N) is 4. The fourth-order valence-corrected chi connectivity index (χ4v) is 4.17. The first-order chi connectivity index (χ1) is 12.2. The molecule has 0 radical (unpaired) electrons. The van der Waals surface area contributed by atoms with Crippen molar-refractivity contribution >= 4 is 5.91 Å². The second-order valence-corrected chi connectivity index (χ2v) is 7.34. The maximum absolute atomic E-state index is 13.0. The standard InChI is InChI=1S/C20H26N4O/c1-15-8-4-5-10-17(15)20(25)23-12-7-9-16(14-23)19-22-21-18-11-3-2-6-13-24(18)19/h4-5,8,10,16H,2-3,6-7,9,11-14H2,1H3. The third kappa shape index (κ3) is 3.20. The van der Waals surface area contributed by atoms with Crippen molar-refractivity contribution < 1.29 is 4.79 Å². The highest BCUT2D eigenvalue weighted by molar-refractivity contribution is 5.95. The fraction of sp³-hybridized carbons (Fsp3) is 0.550. The van der Waals surface area contributed by atoms with Gasteiger partial charge in [0.25, 0.3) is 5.91 Å². The average molecular weight is 338 g/mol. The Morgan fingerprint density at radius 1 is 1.08 bits per heavy atom. The van der Waals surface area contributed by atoms with Gasteiger partial charge in [-0.05, 0) is 44.2 Å². The number of benzene rings is 1. The molecule has 132 valence electrons. The summed E-state index contributed by atoms with van der Waals surface area (Å²) in [6.45, 7) is 4.63.